The maximum absolute atomic E-state index is 11.9. The number of aromatic amines is 1. The normalized spacial score (nSPS) is 9.95. The van der Waals surface area contributed by atoms with Crippen molar-refractivity contribution in [2.45, 2.75) is 0 Å². The molecule has 0 atom stereocenters. The van der Waals surface area contributed by atoms with Crippen molar-refractivity contribution in [3.05, 3.63) is 59.2 Å². The molecule has 0 aliphatic heterocycles. The van der Waals surface area contributed by atoms with Crippen molar-refractivity contribution in [2.75, 3.05) is 13.7 Å². The number of carbonyl (C=O) groups is 1. The highest BCUT2D eigenvalue weighted by Crippen LogP contribution is 2.21. The van der Waals surface area contributed by atoms with E-state index in [9.17, 15) is 9.59 Å². The van der Waals surface area contributed by atoms with Crippen LogP contribution in [0.25, 0.3) is 11.3 Å². The van der Waals surface area contributed by atoms with E-state index in [1.807, 2.05) is 0 Å². The molecule has 0 unspecified atom stereocenters. The molecule has 2 N–H and O–H groups in total. The summed E-state index contributed by atoms with van der Waals surface area (Å²) in [6, 6.07) is 8.63. The van der Waals surface area contributed by atoms with Crippen LogP contribution in [0.3, 0.4) is 0 Å². The Labute approximate surface area is 121 Å². The SMILES string of the molecule is C=CCNC(=O)c1cc(-c2cccc(OC)c2)nc(=O)[nH]1. The van der Waals surface area contributed by atoms with Crippen LogP contribution in [0.4, 0.5) is 0 Å². The Morgan fingerprint density at radius 1 is 1.48 bits per heavy atom. The van der Waals surface area contributed by atoms with E-state index in [1.54, 1.807) is 37.5 Å². The molecule has 0 fully saturated rings. The van der Waals surface area contributed by atoms with E-state index < -0.39 is 11.6 Å². The van der Waals surface area contributed by atoms with E-state index in [0.29, 0.717) is 23.6 Å². The first-order chi connectivity index (χ1) is 10.1. The summed E-state index contributed by atoms with van der Waals surface area (Å²) >= 11 is 0. The molecule has 1 heterocycles. The second-order valence-corrected chi connectivity index (χ2v) is 4.22. The molecule has 21 heavy (non-hydrogen) atoms. The van der Waals surface area contributed by atoms with Crippen molar-refractivity contribution in [1.82, 2.24) is 15.3 Å². The molecule has 1 aromatic heterocycles. The molecule has 6 nitrogen and oxygen atoms in total. The molecule has 0 saturated carbocycles. The van der Waals surface area contributed by atoms with Gasteiger partial charge in [-0.25, -0.2) is 4.79 Å². The van der Waals surface area contributed by atoms with Crippen LogP contribution in [0.1, 0.15) is 10.5 Å². The third-order valence-electron chi connectivity index (χ3n) is 2.76. The van der Waals surface area contributed by atoms with Gasteiger partial charge in [0.05, 0.1) is 12.8 Å². The minimum absolute atomic E-state index is 0.148. The fourth-order valence-electron chi connectivity index (χ4n) is 1.77. The van der Waals surface area contributed by atoms with E-state index in [2.05, 4.69) is 21.9 Å². The molecule has 108 valence electrons. The average Bonchev–Trinajstić information content (AvgIpc) is 2.52. The van der Waals surface area contributed by atoms with Crippen LogP contribution in [-0.4, -0.2) is 29.5 Å². The Balaban J connectivity index is 2.40. The molecule has 2 rings (SSSR count). The quantitative estimate of drug-likeness (QED) is 0.812. The Bertz CT molecular complexity index is 722. The molecule has 1 amide bonds. The lowest BCUT2D eigenvalue weighted by Gasteiger charge is -2.06. The molecule has 0 aliphatic carbocycles. The van der Waals surface area contributed by atoms with Gasteiger partial charge in [-0.2, -0.15) is 4.98 Å². The Morgan fingerprint density at radius 2 is 2.29 bits per heavy atom. The lowest BCUT2D eigenvalue weighted by Crippen LogP contribution is -2.27. The van der Waals surface area contributed by atoms with E-state index in [-0.39, 0.29) is 5.69 Å². The van der Waals surface area contributed by atoms with Gasteiger partial charge in [0.2, 0.25) is 0 Å². The summed E-state index contributed by atoms with van der Waals surface area (Å²) in [4.78, 5) is 29.8. The van der Waals surface area contributed by atoms with Gasteiger partial charge in [0, 0.05) is 12.1 Å². The average molecular weight is 285 g/mol. The number of rotatable bonds is 5. The van der Waals surface area contributed by atoms with Crippen LogP contribution in [0, 0.1) is 0 Å². The van der Waals surface area contributed by atoms with Crippen LogP contribution < -0.4 is 15.7 Å². The zero-order chi connectivity index (χ0) is 15.2. The van der Waals surface area contributed by atoms with Crippen LogP contribution in [-0.2, 0) is 0 Å². The topological polar surface area (TPSA) is 84.1 Å². The van der Waals surface area contributed by atoms with Gasteiger partial charge in [0.15, 0.2) is 0 Å². The zero-order valence-electron chi connectivity index (χ0n) is 11.6. The number of hydrogen-bond acceptors (Lipinski definition) is 4. The highest BCUT2D eigenvalue weighted by molar-refractivity contribution is 5.93. The second kappa shape index (κ2) is 6.51. The maximum Gasteiger partial charge on any atom is 0.346 e. The van der Waals surface area contributed by atoms with Gasteiger partial charge in [0.25, 0.3) is 5.91 Å². The second-order valence-electron chi connectivity index (χ2n) is 4.22. The number of H-pyrrole nitrogens is 1. The van der Waals surface area contributed by atoms with Crippen molar-refractivity contribution < 1.29 is 9.53 Å². The standard InChI is InChI=1S/C15H15N3O3/c1-3-7-16-14(19)13-9-12(17-15(20)18-13)10-5-4-6-11(8-10)21-2/h3-6,8-9H,1,7H2,2H3,(H,16,19)(H,17,18,20). The molecule has 6 heteroatoms. The van der Waals surface area contributed by atoms with Gasteiger partial charge >= 0.3 is 5.69 Å². The number of carbonyl (C=O) groups excluding carboxylic acids is 1. The van der Waals surface area contributed by atoms with E-state index in [1.165, 1.54) is 6.07 Å². The molecular formula is C15H15N3O3. The first-order valence-corrected chi connectivity index (χ1v) is 6.29. The van der Waals surface area contributed by atoms with Gasteiger partial charge in [0.1, 0.15) is 11.4 Å². The largest absolute Gasteiger partial charge is 0.497 e. The molecule has 2 aromatic rings. The Morgan fingerprint density at radius 3 is 3.00 bits per heavy atom. The predicted molar refractivity (Wildman–Crippen MR) is 79.4 cm³/mol. The highest BCUT2D eigenvalue weighted by atomic mass is 16.5. The fourth-order valence-corrected chi connectivity index (χ4v) is 1.77. The summed E-state index contributed by atoms with van der Waals surface area (Å²) in [6.45, 7) is 3.83. The number of nitrogens with one attached hydrogen (secondary N) is 2. The van der Waals surface area contributed by atoms with Crippen LogP contribution >= 0.6 is 0 Å². The Kier molecular flexibility index (Phi) is 4.50. The van der Waals surface area contributed by atoms with Gasteiger partial charge in [-0.3, -0.25) is 4.79 Å². The summed E-state index contributed by atoms with van der Waals surface area (Å²) < 4.78 is 5.13. The van der Waals surface area contributed by atoms with Gasteiger partial charge in [-0.1, -0.05) is 18.2 Å². The minimum atomic E-state index is -0.584. The van der Waals surface area contributed by atoms with Crippen molar-refractivity contribution in [2.24, 2.45) is 0 Å². The number of hydrogen-bond donors (Lipinski definition) is 2. The number of amides is 1. The zero-order valence-corrected chi connectivity index (χ0v) is 11.6. The molecular weight excluding hydrogens is 270 g/mol. The molecule has 0 aliphatic rings. The Hall–Kier alpha value is -2.89. The number of nitrogens with zero attached hydrogens (tertiary/aromatic N) is 1. The van der Waals surface area contributed by atoms with Crippen molar-refractivity contribution in [3.8, 4) is 17.0 Å². The summed E-state index contributed by atoms with van der Waals surface area (Å²) in [6.07, 6.45) is 1.56. The number of aromatic nitrogens is 2. The van der Waals surface area contributed by atoms with Crippen LogP contribution in [0.5, 0.6) is 5.75 Å². The maximum atomic E-state index is 11.9. The van der Waals surface area contributed by atoms with E-state index in [0.717, 1.165) is 0 Å². The molecule has 0 bridgehead atoms. The molecule has 1 aromatic carbocycles. The van der Waals surface area contributed by atoms with Gasteiger partial charge in [-0.15, -0.1) is 6.58 Å². The molecule has 0 radical (unpaired) electrons. The lowest BCUT2D eigenvalue weighted by molar-refractivity contribution is 0.0952. The lowest BCUT2D eigenvalue weighted by atomic mass is 10.1. The minimum Gasteiger partial charge on any atom is -0.497 e. The first kappa shape index (κ1) is 14.5. The van der Waals surface area contributed by atoms with Gasteiger partial charge < -0.3 is 15.0 Å². The van der Waals surface area contributed by atoms with Crippen molar-refractivity contribution >= 4 is 5.91 Å². The van der Waals surface area contributed by atoms with Crippen molar-refractivity contribution in [1.29, 1.82) is 0 Å². The van der Waals surface area contributed by atoms with E-state index in [4.69, 9.17) is 4.74 Å². The molecule has 0 spiro atoms. The number of benzene rings is 1. The van der Waals surface area contributed by atoms with Gasteiger partial charge in [-0.05, 0) is 18.2 Å². The molecule has 0 saturated heterocycles. The van der Waals surface area contributed by atoms with Crippen molar-refractivity contribution in [3.63, 3.8) is 0 Å². The smallest absolute Gasteiger partial charge is 0.346 e. The third-order valence-corrected chi connectivity index (χ3v) is 2.76. The van der Waals surface area contributed by atoms with Crippen LogP contribution in [0.15, 0.2) is 47.8 Å². The number of ether oxygens (including phenoxy) is 1. The summed E-state index contributed by atoms with van der Waals surface area (Å²) in [5.74, 6) is 0.255. The highest BCUT2D eigenvalue weighted by Gasteiger charge is 2.10. The number of methoxy groups -OCH3 is 1. The summed E-state index contributed by atoms with van der Waals surface area (Å²) in [5, 5.41) is 2.60. The summed E-state index contributed by atoms with van der Waals surface area (Å²) in [5.41, 5.74) is 0.661. The first-order valence-electron chi connectivity index (χ1n) is 6.29. The van der Waals surface area contributed by atoms with Crippen LogP contribution in [0.2, 0.25) is 0 Å². The summed E-state index contributed by atoms with van der Waals surface area (Å²) in [7, 11) is 1.55. The fraction of sp³-hybridized carbons (Fsp3) is 0.133. The predicted octanol–water partition coefficient (Wildman–Crippen LogP) is 1.36. The van der Waals surface area contributed by atoms with E-state index >= 15 is 0 Å². The monoisotopic (exact) mass is 285 g/mol. The third kappa shape index (κ3) is 3.56.